The summed E-state index contributed by atoms with van der Waals surface area (Å²) in [7, 11) is 3.20. The molecule has 10 heavy (non-hydrogen) atoms. The lowest BCUT2D eigenvalue weighted by atomic mass is 10.5. The maximum atomic E-state index is 9.99. The zero-order valence-corrected chi connectivity index (χ0v) is 7.21. The van der Waals surface area contributed by atoms with Gasteiger partial charge in [-0.3, -0.25) is 4.79 Å². The molecule has 0 aliphatic heterocycles. The molecule has 0 aromatic heterocycles. The lowest BCUT2D eigenvalue weighted by molar-refractivity contribution is -0.136. The molecular formula is C6H10O2S2. The minimum Gasteiger partial charge on any atom is -0.481 e. The van der Waals surface area contributed by atoms with Gasteiger partial charge in [0.2, 0.25) is 0 Å². The largest absolute Gasteiger partial charge is 0.481 e. The number of rotatable bonds is 6. The molecule has 4 heteroatoms. The van der Waals surface area contributed by atoms with Crippen LogP contribution in [0.3, 0.4) is 0 Å². The Morgan fingerprint density at radius 3 is 2.80 bits per heavy atom. The summed E-state index contributed by atoms with van der Waals surface area (Å²) in [5.41, 5.74) is 0. The molecule has 1 N–H and O–H groups in total. The number of aliphatic carboxylic acids is 1. The first-order chi connectivity index (χ1) is 4.77. The molecule has 0 aromatic carbocycles. The highest BCUT2D eigenvalue weighted by Crippen LogP contribution is 2.21. The van der Waals surface area contributed by atoms with E-state index in [9.17, 15) is 4.79 Å². The van der Waals surface area contributed by atoms with E-state index in [1.165, 1.54) is 0 Å². The molecule has 0 spiro atoms. The fraction of sp³-hybridized carbons (Fsp3) is 0.500. The third-order valence-electron chi connectivity index (χ3n) is 0.668. The third-order valence-corrected chi connectivity index (χ3v) is 2.99. The number of hydrogen-bond donors (Lipinski definition) is 1. The molecule has 0 aliphatic carbocycles. The Kier molecular flexibility index (Phi) is 6.96. The molecule has 0 saturated carbocycles. The van der Waals surface area contributed by atoms with Gasteiger partial charge in [-0.05, 0) is 0 Å². The Balaban J connectivity index is 2.90. The predicted octanol–water partition coefficient (Wildman–Crippen LogP) is 2.03. The fourth-order valence-corrected chi connectivity index (χ4v) is 2.03. The molecule has 0 fully saturated rings. The SMILES string of the molecule is C=CCSSCCC(=O)O. The summed E-state index contributed by atoms with van der Waals surface area (Å²) in [6.45, 7) is 3.54. The fourth-order valence-electron chi connectivity index (χ4n) is 0.284. The van der Waals surface area contributed by atoms with Gasteiger partial charge < -0.3 is 5.11 Å². The zero-order valence-electron chi connectivity index (χ0n) is 5.58. The highest BCUT2D eigenvalue weighted by atomic mass is 33.1. The van der Waals surface area contributed by atoms with Crippen molar-refractivity contribution in [3.05, 3.63) is 12.7 Å². The second kappa shape index (κ2) is 7.02. The van der Waals surface area contributed by atoms with Gasteiger partial charge in [0.25, 0.3) is 0 Å². The second-order valence-corrected chi connectivity index (χ2v) is 4.17. The van der Waals surface area contributed by atoms with E-state index in [2.05, 4.69) is 6.58 Å². The van der Waals surface area contributed by atoms with E-state index in [0.717, 1.165) is 5.75 Å². The van der Waals surface area contributed by atoms with E-state index in [-0.39, 0.29) is 6.42 Å². The molecule has 0 heterocycles. The van der Waals surface area contributed by atoms with Crippen molar-refractivity contribution in [1.82, 2.24) is 0 Å². The van der Waals surface area contributed by atoms with Crippen LogP contribution in [0.1, 0.15) is 6.42 Å². The van der Waals surface area contributed by atoms with Crippen LogP contribution in [0.5, 0.6) is 0 Å². The molecule has 0 aliphatic rings. The zero-order chi connectivity index (χ0) is 7.82. The minimum absolute atomic E-state index is 0.245. The molecular weight excluding hydrogens is 168 g/mol. The van der Waals surface area contributed by atoms with Gasteiger partial charge in [0, 0.05) is 11.5 Å². The van der Waals surface area contributed by atoms with Gasteiger partial charge in [-0.25, -0.2) is 0 Å². The molecule has 0 aromatic rings. The standard InChI is InChI=1S/C6H10O2S2/c1-2-4-9-10-5-3-6(7)8/h2H,1,3-5H2,(H,7,8). The van der Waals surface area contributed by atoms with Gasteiger partial charge in [0.1, 0.15) is 0 Å². The lowest BCUT2D eigenvalue weighted by Crippen LogP contribution is -1.94. The van der Waals surface area contributed by atoms with E-state index in [4.69, 9.17) is 5.11 Å². The van der Waals surface area contributed by atoms with Crippen LogP contribution < -0.4 is 0 Å². The average molecular weight is 178 g/mol. The van der Waals surface area contributed by atoms with Crippen molar-refractivity contribution in [2.75, 3.05) is 11.5 Å². The lowest BCUT2D eigenvalue weighted by Gasteiger charge is -1.93. The molecule has 0 unspecified atom stereocenters. The minimum atomic E-state index is -0.730. The van der Waals surface area contributed by atoms with Crippen molar-refractivity contribution < 1.29 is 9.90 Å². The Labute approximate surface area is 68.5 Å². The monoisotopic (exact) mass is 178 g/mol. The molecule has 0 rings (SSSR count). The number of carbonyl (C=O) groups is 1. The second-order valence-electron chi connectivity index (χ2n) is 1.54. The topological polar surface area (TPSA) is 37.3 Å². The molecule has 2 nitrogen and oxygen atoms in total. The maximum absolute atomic E-state index is 9.99. The Morgan fingerprint density at radius 1 is 1.60 bits per heavy atom. The van der Waals surface area contributed by atoms with Gasteiger partial charge >= 0.3 is 5.97 Å². The summed E-state index contributed by atoms with van der Waals surface area (Å²) in [6, 6.07) is 0. The van der Waals surface area contributed by atoms with Crippen molar-refractivity contribution in [2.45, 2.75) is 6.42 Å². The summed E-state index contributed by atoms with van der Waals surface area (Å²) in [4.78, 5) is 9.99. The quantitative estimate of drug-likeness (QED) is 0.383. The molecule has 0 bridgehead atoms. The Bertz CT molecular complexity index is 114. The Morgan fingerprint density at radius 2 is 2.30 bits per heavy atom. The summed E-state index contributed by atoms with van der Waals surface area (Å²) in [5.74, 6) is 0.824. The summed E-state index contributed by atoms with van der Waals surface area (Å²) >= 11 is 0. The first kappa shape index (κ1) is 9.91. The number of carboxylic acid groups (broad SMARTS) is 1. The van der Waals surface area contributed by atoms with E-state index in [0.29, 0.717) is 5.75 Å². The highest BCUT2D eigenvalue weighted by molar-refractivity contribution is 8.76. The summed E-state index contributed by atoms with van der Waals surface area (Å²) in [5, 5.41) is 8.23. The molecule has 0 radical (unpaired) electrons. The molecule has 0 saturated heterocycles. The van der Waals surface area contributed by atoms with E-state index in [1.807, 2.05) is 0 Å². The van der Waals surface area contributed by atoms with Crippen LogP contribution in [0.15, 0.2) is 12.7 Å². The summed E-state index contributed by atoms with van der Waals surface area (Å²) < 4.78 is 0. The van der Waals surface area contributed by atoms with Gasteiger partial charge in [0.15, 0.2) is 0 Å². The van der Waals surface area contributed by atoms with E-state index in [1.54, 1.807) is 27.7 Å². The number of hydrogen-bond acceptors (Lipinski definition) is 3. The number of carboxylic acids is 1. The highest BCUT2D eigenvalue weighted by Gasteiger charge is 1.95. The van der Waals surface area contributed by atoms with Crippen LogP contribution in [0.25, 0.3) is 0 Å². The molecule has 58 valence electrons. The van der Waals surface area contributed by atoms with Gasteiger partial charge in [-0.2, -0.15) is 0 Å². The molecule has 0 atom stereocenters. The smallest absolute Gasteiger partial charge is 0.304 e. The third kappa shape index (κ3) is 7.91. The predicted molar refractivity (Wildman–Crippen MR) is 47.4 cm³/mol. The summed E-state index contributed by atoms with van der Waals surface area (Å²) in [6.07, 6.45) is 2.05. The van der Waals surface area contributed by atoms with Crippen LogP contribution in [0.2, 0.25) is 0 Å². The Hall–Kier alpha value is -0.0900. The maximum Gasteiger partial charge on any atom is 0.304 e. The van der Waals surface area contributed by atoms with Crippen LogP contribution in [-0.2, 0) is 4.79 Å². The first-order valence-electron chi connectivity index (χ1n) is 2.84. The van der Waals surface area contributed by atoms with Crippen molar-refractivity contribution in [3.8, 4) is 0 Å². The van der Waals surface area contributed by atoms with Crippen molar-refractivity contribution >= 4 is 27.6 Å². The van der Waals surface area contributed by atoms with Gasteiger partial charge in [-0.1, -0.05) is 27.7 Å². The van der Waals surface area contributed by atoms with Crippen LogP contribution in [0, 0.1) is 0 Å². The average Bonchev–Trinajstić information content (AvgIpc) is 1.87. The van der Waals surface area contributed by atoms with Crippen LogP contribution >= 0.6 is 21.6 Å². The van der Waals surface area contributed by atoms with Gasteiger partial charge in [-0.15, -0.1) is 6.58 Å². The van der Waals surface area contributed by atoms with Crippen LogP contribution in [-0.4, -0.2) is 22.6 Å². The molecule has 0 amide bonds. The van der Waals surface area contributed by atoms with Crippen LogP contribution in [0.4, 0.5) is 0 Å². The van der Waals surface area contributed by atoms with E-state index < -0.39 is 5.97 Å². The van der Waals surface area contributed by atoms with Gasteiger partial charge in [0.05, 0.1) is 6.42 Å². The normalized spacial score (nSPS) is 9.20. The van der Waals surface area contributed by atoms with Crippen molar-refractivity contribution in [1.29, 1.82) is 0 Å². The van der Waals surface area contributed by atoms with Crippen molar-refractivity contribution in [2.24, 2.45) is 0 Å². The van der Waals surface area contributed by atoms with Crippen molar-refractivity contribution in [3.63, 3.8) is 0 Å². The van der Waals surface area contributed by atoms with E-state index >= 15 is 0 Å². The first-order valence-corrected chi connectivity index (χ1v) is 5.33.